The lowest BCUT2D eigenvalue weighted by atomic mass is 9.88. The van der Waals surface area contributed by atoms with Crippen LogP contribution in [0, 0.1) is 0 Å². The first kappa shape index (κ1) is 21.0. The summed E-state index contributed by atoms with van der Waals surface area (Å²) in [4.78, 5) is 35.8. The second kappa shape index (κ2) is 9.03. The Morgan fingerprint density at radius 3 is 2.46 bits per heavy atom. The van der Waals surface area contributed by atoms with Crippen molar-refractivity contribution in [2.24, 2.45) is 0 Å². The summed E-state index contributed by atoms with van der Waals surface area (Å²) >= 11 is 0. The van der Waals surface area contributed by atoms with E-state index in [9.17, 15) is 19.5 Å². The third kappa shape index (κ3) is 5.33. The Bertz CT molecular complexity index is 881. The van der Waals surface area contributed by atoms with Crippen molar-refractivity contribution in [1.29, 1.82) is 0 Å². The van der Waals surface area contributed by atoms with Gasteiger partial charge in [0.2, 0.25) is 5.91 Å². The Balaban J connectivity index is 2.31. The van der Waals surface area contributed by atoms with Crippen LogP contribution in [0.3, 0.4) is 0 Å². The number of carbonyl (C=O) groups is 3. The molecule has 0 heterocycles. The van der Waals surface area contributed by atoms with E-state index in [1.807, 2.05) is 0 Å². The molecule has 0 saturated carbocycles. The molecule has 0 saturated heterocycles. The van der Waals surface area contributed by atoms with Gasteiger partial charge in [0.15, 0.2) is 0 Å². The molecule has 0 radical (unpaired) electrons. The molecule has 2 amide bonds. The summed E-state index contributed by atoms with van der Waals surface area (Å²) in [7, 11) is 1.52. The van der Waals surface area contributed by atoms with E-state index in [0.29, 0.717) is 29.0 Å². The van der Waals surface area contributed by atoms with E-state index in [1.54, 1.807) is 62.4 Å². The summed E-state index contributed by atoms with van der Waals surface area (Å²) in [6, 6.07) is 13.4. The van der Waals surface area contributed by atoms with Crippen molar-refractivity contribution in [3.8, 4) is 5.75 Å². The fourth-order valence-corrected chi connectivity index (χ4v) is 2.80. The quantitative estimate of drug-likeness (QED) is 0.648. The molecular formula is C21H24N2O5. The highest BCUT2D eigenvalue weighted by atomic mass is 16.5. The van der Waals surface area contributed by atoms with Crippen molar-refractivity contribution >= 4 is 23.5 Å². The van der Waals surface area contributed by atoms with Crippen molar-refractivity contribution < 1.29 is 24.2 Å². The van der Waals surface area contributed by atoms with E-state index in [4.69, 9.17) is 4.74 Å². The van der Waals surface area contributed by atoms with Gasteiger partial charge in [0.1, 0.15) is 5.75 Å². The third-order valence-electron chi connectivity index (χ3n) is 4.33. The molecule has 2 aromatic rings. The number of hydrogen-bond acceptors (Lipinski definition) is 4. The van der Waals surface area contributed by atoms with E-state index in [-0.39, 0.29) is 12.3 Å². The Morgan fingerprint density at radius 2 is 1.82 bits per heavy atom. The maximum absolute atomic E-state index is 12.8. The molecule has 0 aromatic heterocycles. The van der Waals surface area contributed by atoms with Crippen molar-refractivity contribution in [3.63, 3.8) is 0 Å². The number of hydrogen-bond donors (Lipinski definition) is 3. The number of nitrogens with one attached hydrogen (secondary N) is 2. The zero-order valence-electron chi connectivity index (χ0n) is 16.1. The van der Waals surface area contributed by atoms with Crippen LogP contribution < -0.4 is 15.4 Å². The number of benzene rings is 2. The minimum absolute atomic E-state index is 0.162. The van der Waals surface area contributed by atoms with Crippen LogP contribution in [0.25, 0.3) is 0 Å². The molecule has 7 heteroatoms. The van der Waals surface area contributed by atoms with Crippen molar-refractivity contribution in [1.82, 2.24) is 5.32 Å². The summed E-state index contributed by atoms with van der Waals surface area (Å²) in [6.45, 7) is 3.38. The zero-order chi connectivity index (χ0) is 20.7. The second-order valence-corrected chi connectivity index (χ2v) is 6.57. The minimum atomic E-state index is -1.15. The molecule has 28 heavy (non-hydrogen) atoms. The van der Waals surface area contributed by atoms with Crippen LogP contribution >= 0.6 is 0 Å². The van der Waals surface area contributed by atoms with Crippen molar-refractivity contribution in [2.45, 2.75) is 32.2 Å². The summed E-state index contributed by atoms with van der Waals surface area (Å²) in [5.41, 5.74) is 0.271. The molecule has 2 rings (SSSR count). The highest BCUT2D eigenvalue weighted by Crippen LogP contribution is 2.28. The maximum atomic E-state index is 12.8. The number of aliphatic carboxylic acids is 1. The van der Waals surface area contributed by atoms with Gasteiger partial charge in [-0.1, -0.05) is 25.1 Å². The van der Waals surface area contributed by atoms with E-state index in [0.717, 1.165) is 0 Å². The van der Waals surface area contributed by atoms with E-state index >= 15 is 0 Å². The molecule has 0 aliphatic heterocycles. The Labute approximate surface area is 163 Å². The van der Waals surface area contributed by atoms with Crippen molar-refractivity contribution in [3.05, 3.63) is 59.7 Å². The lowest BCUT2D eigenvalue weighted by molar-refractivity contribution is -0.138. The minimum Gasteiger partial charge on any atom is -0.497 e. The molecule has 7 nitrogen and oxygen atoms in total. The molecule has 0 bridgehead atoms. The van der Waals surface area contributed by atoms with Gasteiger partial charge >= 0.3 is 5.97 Å². The molecule has 0 aliphatic carbocycles. The molecule has 0 fully saturated rings. The fraction of sp³-hybridized carbons (Fsp3) is 0.286. The number of rotatable bonds is 8. The highest BCUT2D eigenvalue weighted by molar-refractivity contribution is 5.97. The number of anilines is 1. The van der Waals surface area contributed by atoms with Gasteiger partial charge in [-0.3, -0.25) is 14.4 Å². The molecule has 1 unspecified atom stereocenters. The molecule has 0 aliphatic rings. The van der Waals surface area contributed by atoms with Gasteiger partial charge < -0.3 is 20.5 Å². The van der Waals surface area contributed by atoms with E-state index < -0.39 is 17.4 Å². The number of carbonyl (C=O) groups excluding carboxylic acids is 2. The predicted molar refractivity (Wildman–Crippen MR) is 105 cm³/mol. The summed E-state index contributed by atoms with van der Waals surface area (Å²) in [5.74, 6) is -1.09. The monoisotopic (exact) mass is 384 g/mol. The molecule has 3 N–H and O–H groups in total. The summed E-state index contributed by atoms with van der Waals surface area (Å²) in [6.07, 6.45) is 0.0150. The Hall–Kier alpha value is -3.35. The Morgan fingerprint density at radius 1 is 1.11 bits per heavy atom. The standard InChI is InChI=1S/C21H24N2O5/c1-4-18(24)22-16-9-5-7-14(11-16)20(27)23-21(2,13-19(25)26)15-8-6-10-17(12-15)28-3/h5-12H,4,13H2,1-3H3,(H,22,24)(H,23,27)(H,25,26). The zero-order valence-corrected chi connectivity index (χ0v) is 16.1. The molecular weight excluding hydrogens is 360 g/mol. The molecule has 2 aromatic carbocycles. The topological polar surface area (TPSA) is 105 Å². The first-order valence-electron chi connectivity index (χ1n) is 8.86. The second-order valence-electron chi connectivity index (χ2n) is 6.57. The first-order valence-corrected chi connectivity index (χ1v) is 8.86. The number of carboxylic acids is 1. The fourth-order valence-electron chi connectivity index (χ4n) is 2.80. The van der Waals surface area contributed by atoms with Crippen LogP contribution in [0.4, 0.5) is 5.69 Å². The SMILES string of the molecule is CCC(=O)Nc1cccc(C(=O)NC(C)(CC(=O)O)c2cccc(OC)c2)c1. The van der Waals surface area contributed by atoms with Gasteiger partial charge in [-0.2, -0.15) is 0 Å². The summed E-state index contributed by atoms with van der Waals surface area (Å²) in [5, 5.41) is 14.9. The average molecular weight is 384 g/mol. The average Bonchev–Trinajstić information content (AvgIpc) is 2.67. The largest absolute Gasteiger partial charge is 0.497 e. The third-order valence-corrected chi connectivity index (χ3v) is 4.33. The molecule has 1 atom stereocenters. The Kier molecular flexibility index (Phi) is 6.76. The molecule has 148 valence electrons. The smallest absolute Gasteiger partial charge is 0.306 e. The number of carboxylic acid groups (broad SMARTS) is 1. The highest BCUT2D eigenvalue weighted by Gasteiger charge is 2.32. The lowest BCUT2D eigenvalue weighted by Crippen LogP contribution is -2.45. The van der Waals surface area contributed by atoms with Crippen LogP contribution in [0.15, 0.2) is 48.5 Å². The van der Waals surface area contributed by atoms with Gasteiger partial charge in [0.05, 0.1) is 19.1 Å². The summed E-state index contributed by atoms with van der Waals surface area (Å²) < 4.78 is 5.21. The normalized spacial score (nSPS) is 12.5. The maximum Gasteiger partial charge on any atom is 0.306 e. The predicted octanol–water partition coefficient (Wildman–Crippen LogP) is 3.16. The van der Waals surface area contributed by atoms with Crippen molar-refractivity contribution in [2.75, 3.05) is 12.4 Å². The van der Waals surface area contributed by atoms with Crippen LogP contribution in [0.5, 0.6) is 5.75 Å². The van der Waals surface area contributed by atoms with E-state index in [1.165, 1.54) is 7.11 Å². The lowest BCUT2D eigenvalue weighted by Gasteiger charge is -2.30. The van der Waals surface area contributed by atoms with Crippen LogP contribution in [-0.4, -0.2) is 30.0 Å². The van der Waals surface area contributed by atoms with Gasteiger partial charge in [-0.15, -0.1) is 0 Å². The molecule has 0 spiro atoms. The number of ether oxygens (including phenoxy) is 1. The van der Waals surface area contributed by atoms with Gasteiger partial charge in [0.25, 0.3) is 5.91 Å². The van der Waals surface area contributed by atoms with Gasteiger partial charge in [-0.05, 0) is 42.8 Å². The van der Waals surface area contributed by atoms with E-state index in [2.05, 4.69) is 10.6 Å². The van der Waals surface area contributed by atoms with Gasteiger partial charge in [-0.25, -0.2) is 0 Å². The van der Waals surface area contributed by atoms with Crippen LogP contribution in [-0.2, 0) is 15.1 Å². The van der Waals surface area contributed by atoms with Crippen LogP contribution in [0.2, 0.25) is 0 Å². The first-order chi connectivity index (χ1) is 13.3. The van der Waals surface area contributed by atoms with Gasteiger partial charge in [0, 0.05) is 17.7 Å². The number of amides is 2. The number of methoxy groups -OCH3 is 1. The van der Waals surface area contributed by atoms with Crippen LogP contribution in [0.1, 0.15) is 42.6 Å².